The number of rotatable bonds is 2. The van der Waals surface area contributed by atoms with E-state index in [2.05, 4.69) is 132 Å². The van der Waals surface area contributed by atoms with Crippen molar-refractivity contribution in [1.82, 2.24) is 4.57 Å². The highest BCUT2D eigenvalue weighted by molar-refractivity contribution is 7.25. The molecular weight excluding hydrogens is 494 g/mol. The summed E-state index contributed by atoms with van der Waals surface area (Å²) in [5, 5.41) is 7.41. The van der Waals surface area contributed by atoms with Gasteiger partial charge in [-0.25, -0.2) is 0 Å². The predicted molar refractivity (Wildman–Crippen MR) is 166 cm³/mol. The number of hydrogen-bond acceptors (Lipinski definition) is 2. The molecule has 39 heavy (non-hydrogen) atoms. The lowest BCUT2D eigenvalue weighted by atomic mass is 9.97. The van der Waals surface area contributed by atoms with E-state index in [0.29, 0.717) is 0 Å². The monoisotopic (exact) mass is 515 g/mol. The molecule has 0 N–H and O–H groups in total. The van der Waals surface area contributed by atoms with Gasteiger partial charge in [-0.15, -0.1) is 11.3 Å². The zero-order valence-electron chi connectivity index (χ0n) is 20.9. The van der Waals surface area contributed by atoms with Crippen molar-refractivity contribution >= 4 is 75.3 Å². The van der Waals surface area contributed by atoms with Crippen LogP contribution in [0, 0.1) is 0 Å². The van der Waals surface area contributed by atoms with Crippen LogP contribution in [0.25, 0.3) is 80.7 Å². The van der Waals surface area contributed by atoms with Gasteiger partial charge in [0, 0.05) is 53.0 Å². The number of fused-ring (bicyclic) bond motifs is 9. The summed E-state index contributed by atoms with van der Waals surface area (Å²) in [7, 11) is 0. The smallest absolute Gasteiger partial charge is 0.143 e. The summed E-state index contributed by atoms with van der Waals surface area (Å²) in [6.07, 6.45) is 0. The van der Waals surface area contributed by atoms with E-state index in [-0.39, 0.29) is 0 Å². The Balaban J connectivity index is 1.32. The van der Waals surface area contributed by atoms with Gasteiger partial charge < -0.3 is 8.98 Å². The van der Waals surface area contributed by atoms with Crippen molar-refractivity contribution in [2.45, 2.75) is 0 Å². The number of benzene rings is 6. The largest absolute Gasteiger partial charge is 0.455 e. The molecule has 9 aromatic rings. The van der Waals surface area contributed by atoms with E-state index in [9.17, 15) is 0 Å². The topological polar surface area (TPSA) is 18.1 Å². The van der Waals surface area contributed by atoms with Crippen LogP contribution in [-0.2, 0) is 0 Å². The third-order valence-electron chi connectivity index (χ3n) is 8.01. The average Bonchev–Trinajstić information content (AvgIpc) is 3.66. The Morgan fingerprint density at radius 3 is 1.95 bits per heavy atom. The molecule has 0 atom stereocenters. The van der Waals surface area contributed by atoms with E-state index in [1.54, 1.807) is 0 Å². The quantitative estimate of drug-likeness (QED) is 0.224. The SMILES string of the molecule is c1ccc2c(c1)sc1cccc(-c3cccc4c3oc3ccc(-n5c6ccccc6c6ccccc65)cc34)c12. The summed E-state index contributed by atoms with van der Waals surface area (Å²) in [6, 6.07) is 45.7. The molecule has 0 saturated carbocycles. The second-order valence-corrected chi connectivity index (χ2v) is 11.2. The number of para-hydroxylation sites is 3. The van der Waals surface area contributed by atoms with Crippen LogP contribution in [0.2, 0.25) is 0 Å². The standard InChI is InChI=1S/C36H21NOS/c1-4-15-30-23(9-1)24-10-2-5-16-31(24)37(30)22-19-20-32-29(21-22)27-14-7-13-26(36(27)38-32)25-12-8-18-34-35(25)28-11-3-6-17-33(28)39-34/h1-21H. The number of hydrogen-bond donors (Lipinski definition) is 0. The maximum absolute atomic E-state index is 6.62. The Bertz CT molecular complexity index is 2350. The van der Waals surface area contributed by atoms with Crippen LogP contribution in [0.1, 0.15) is 0 Å². The maximum Gasteiger partial charge on any atom is 0.143 e. The maximum atomic E-state index is 6.62. The molecule has 0 fully saturated rings. The molecule has 3 aromatic heterocycles. The van der Waals surface area contributed by atoms with Crippen LogP contribution in [0.5, 0.6) is 0 Å². The van der Waals surface area contributed by atoms with Gasteiger partial charge in [0.25, 0.3) is 0 Å². The Hall–Kier alpha value is -4.86. The molecule has 0 unspecified atom stereocenters. The van der Waals surface area contributed by atoms with Crippen molar-refractivity contribution in [3.63, 3.8) is 0 Å². The Labute approximate surface area is 227 Å². The lowest BCUT2D eigenvalue weighted by molar-refractivity contribution is 0.670. The Morgan fingerprint density at radius 1 is 0.487 bits per heavy atom. The Morgan fingerprint density at radius 2 is 1.13 bits per heavy atom. The third-order valence-corrected chi connectivity index (χ3v) is 9.15. The highest BCUT2D eigenvalue weighted by Crippen LogP contribution is 2.44. The van der Waals surface area contributed by atoms with Crippen molar-refractivity contribution in [3.05, 3.63) is 127 Å². The summed E-state index contributed by atoms with van der Waals surface area (Å²) in [6.45, 7) is 0. The normalized spacial score (nSPS) is 12.1. The van der Waals surface area contributed by atoms with Crippen molar-refractivity contribution in [2.24, 2.45) is 0 Å². The fraction of sp³-hybridized carbons (Fsp3) is 0. The fourth-order valence-electron chi connectivity index (χ4n) is 6.34. The lowest BCUT2D eigenvalue weighted by Crippen LogP contribution is -1.93. The van der Waals surface area contributed by atoms with Gasteiger partial charge >= 0.3 is 0 Å². The molecule has 0 amide bonds. The average molecular weight is 516 g/mol. The van der Waals surface area contributed by atoms with Gasteiger partial charge in [-0.05, 0) is 48.0 Å². The van der Waals surface area contributed by atoms with Crippen LogP contribution in [0.4, 0.5) is 0 Å². The van der Waals surface area contributed by atoms with E-state index in [1.807, 2.05) is 11.3 Å². The zero-order valence-corrected chi connectivity index (χ0v) is 21.7. The van der Waals surface area contributed by atoms with Gasteiger partial charge in [-0.1, -0.05) is 84.9 Å². The van der Waals surface area contributed by atoms with Gasteiger partial charge in [-0.3, -0.25) is 0 Å². The Kier molecular flexibility index (Phi) is 4.24. The van der Waals surface area contributed by atoms with Crippen molar-refractivity contribution in [1.29, 1.82) is 0 Å². The molecule has 0 saturated heterocycles. The minimum absolute atomic E-state index is 0.907. The number of thiophene rings is 1. The lowest BCUT2D eigenvalue weighted by Gasteiger charge is -2.08. The summed E-state index contributed by atoms with van der Waals surface area (Å²) >= 11 is 1.85. The molecule has 0 radical (unpaired) electrons. The number of furan rings is 1. The first kappa shape index (κ1) is 21.1. The molecule has 0 aliphatic heterocycles. The summed E-state index contributed by atoms with van der Waals surface area (Å²) in [5.74, 6) is 0. The molecule has 0 aliphatic carbocycles. The van der Waals surface area contributed by atoms with Crippen LogP contribution >= 0.6 is 11.3 Å². The third kappa shape index (κ3) is 2.91. The van der Waals surface area contributed by atoms with Crippen molar-refractivity contribution in [3.8, 4) is 16.8 Å². The van der Waals surface area contributed by atoms with Gasteiger partial charge in [0.15, 0.2) is 0 Å². The second-order valence-electron chi connectivity index (χ2n) is 10.1. The summed E-state index contributed by atoms with van der Waals surface area (Å²) < 4.78 is 11.6. The molecule has 2 nitrogen and oxygen atoms in total. The molecular formula is C36H21NOS. The molecule has 3 heterocycles. The first-order valence-electron chi connectivity index (χ1n) is 13.2. The van der Waals surface area contributed by atoms with Gasteiger partial charge in [0.2, 0.25) is 0 Å². The van der Waals surface area contributed by atoms with Gasteiger partial charge in [0.1, 0.15) is 11.2 Å². The van der Waals surface area contributed by atoms with E-state index >= 15 is 0 Å². The highest BCUT2D eigenvalue weighted by atomic mass is 32.1. The number of nitrogens with zero attached hydrogens (tertiary/aromatic N) is 1. The first-order chi connectivity index (χ1) is 19.3. The van der Waals surface area contributed by atoms with E-state index in [1.165, 1.54) is 47.5 Å². The predicted octanol–water partition coefficient (Wildman–Crippen LogP) is 10.7. The van der Waals surface area contributed by atoms with Crippen LogP contribution in [-0.4, -0.2) is 4.57 Å². The summed E-state index contributed by atoms with van der Waals surface area (Å²) in [4.78, 5) is 0. The van der Waals surface area contributed by atoms with E-state index in [0.717, 1.165) is 33.2 Å². The summed E-state index contributed by atoms with van der Waals surface area (Å²) in [5.41, 5.74) is 7.76. The first-order valence-corrected chi connectivity index (χ1v) is 14.0. The van der Waals surface area contributed by atoms with Crippen molar-refractivity contribution in [2.75, 3.05) is 0 Å². The second kappa shape index (κ2) is 7.83. The van der Waals surface area contributed by atoms with Crippen LogP contribution in [0.15, 0.2) is 132 Å². The van der Waals surface area contributed by atoms with E-state index < -0.39 is 0 Å². The van der Waals surface area contributed by atoms with E-state index in [4.69, 9.17) is 4.42 Å². The molecule has 0 spiro atoms. The van der Waals surface area contributed by atoms with Crippen LogP contribution < -0.4 is 0 Å². The number of aromatic nitrogens is 1. The minimum atomic E-state index is 0.907. The molecule has 3 heteroatoms. The van der Waals surface area contributed by atoms with Crippen LogP contribution in [0.3, 0.4) is 0 Å². The molecule has 9 rings (SSSR count). The molecule has 0 bridgehead atoms. The molecule has 182 valence electrons. The minimum Gasteiger partial charge on any atom is -0.455 e. The zero-order chi connectivity index (χ0) is 25.5. The highest BCUT2D eigenvalue weighted by Gasteiger charge is 2.18. The van der Waals surface area contributed by atoms with Gasteiger partial charge in [0.05, 0.1) is 11.0 Å². The molecule has 0 aliphatic rings. The van der Waals surface area contributed by atoms with Gasteiger partial charge in [-0.2, -0.15) is 0 Å². The fourth-order valence-corrected chi connectivity index (χ4v) is 7.47. The molecule has 6 aromatic carbocycles. The van der Waals surface area contributed by atoms with Crippen molar-refractivity contribution < 1.29 is 4.42 Å².